The predicted molar refractivity (Wildman–Crippen MR) is 54.5 cm³/mol. The van der Waals surface area contributed by atoms with Crippen molar-refractivity contribution in [3.05, 3.63) is 0 Å². The van der Waals surface area contributed by atoms with Gasteiger partial charge in [0.1, 0.15) is 0 Å². The van der Waals surface area contributed by atoms with Crippen molar-refractivity contribution in [3.63, 3.8) is 0 Å². The van der Waals surface area contributed by atoms with Crippen LogP contribution in [0.1, 0.15) is 12.8 Å². The van der Waals surface area contributed by atoms with E-state index in [2.05, 4.69) is 5.32 Å². The maximum Gasteiger partial charge on any atom is 0.317 e. The van der Waals surface area contributed by atoms with Gasteiger partial charge in [0, 0.05) is 19.6 Å². The molecule has 5 nitrogen and oxygen atoms in total. The number of carbonyl (C=O) groups excluding carboxylic acids is 1. The fourth-order valence-corrected chi connectivity index (χ4v) is 1.72. The van der Waals surface area contributed by atoms with Crippen LogP contribution < -0.4 is 5.32 Å². The van der Waals surface area contributed by atoms with E-state index < -0.39 is 0 Å². The summed E-state index contributed by atoms with van der Waals surface area (Å²) in [6.07, 6.45) is 1.82. The van der Waals surface area contributed by atoms with E-state index in [4.69, 9.17) is 4.74 Å². The molecular formula is C10H18N2O3. The molecule has 1 saturated carbocycles. The lowest BCUT2D eigenvalue weighted by atomic mass is 10.2. The van der Waals surface area contributed by atoms with Gasteiger partial charge in [0.05, 0.1) is 19.3 Å². The summed E-state index contributed by atoms with van der Waals surface area (Å²) in [4.78, 5) is 13.3. The monoisotopic (exact) mass is 214 g/mol. The van der Waals surface area contributed by atoms with E-state index >= 15 is 0 Å². The molecule has 1 atom stereocenters. The zero-order valence-electron chi connectivity index (χ0n) is 8.82. The van der Waals surface area contributed by atoms with Gasteiger partial charge in [0.25, 0.3) is 0 Å². The average Bonchev–Trinajstić information content (AvgIpc) is 3.10. The summed E-state index contributed by atoms with van der Waals surface area (Å²) in [6.45, 7) is 2.88. The van der Waals surface area contributed by atoms with E-state index in [9.17, 15) is 9.90 Å². The SMILES string of the molecule is O=C(NCC(O)C1CC1)N1CCOCC1. The second-order valence-electron chi connectivity index (χ2n) is 4.19. The van der Waals surface area contributed by atoms with Crippen LogP contribution in [0.25, 0.3) is 0 Å². The number of aliphatic hydroxyl groups is 1. The van der Waals surface area contributed by atoms with Gasteiger partial charge in [-0.2, -0.15) is 0 Å². The van der Waals surface area contributed by atoms with Crippen molar-refractivity contribution < 1.29 is 14.6 Å². The molecule has 2 aliphatic rings. The molecule has 1 saturated heterocycles. The Morgan fingerprint density at radius 1 is 1.47 bits per heavy atom. The Morgan fingerprint density at radius 3 is 2.73 bits per heavy atom. The van der Waals surface area contributed by atoms with E-state index in [1.165, 1.54) is 0 Å². The number of urea groups is 1. The van der Waals surface area contributed by atoms with Crippen molar-refractivity contribution in [2.24, 2.45) is 5.92 Å². The summed E-state index contributed by atoms with van der Waals surface area (Å²) in [5.74, 6) is 0.412. The van der Waals surface area contributed by atoms with Gasteiger partial charge in [0.15, 0.2) is 0 Å². The minimum atomic E-state index is -0.366. The molecule has 15 heavy (non-hydrogen) atoms. The zero-order chi connectivity index (χ0) is 10.7. The molecule has 5 heteroatoms. The fraction of sp³-hybridized carbons (Fsp3) is 0.900. The lowest BCUT2D eigenvalue weighted by Crippen LogP contribution is -2.48. The third-order valence-electron chi connectivity index (χ3n) is 2.93. The number of morpholine rings is 1. The Bertz CT molecular complexity index is 225. The molecule has 0 radical (unpaired) electrons. The van der Waals surface area contributed by atoms with Gasteiger partial charge in [-0.25, -0.2) is 4.79 Å². The number of rotatable bonds is 3. The number of hydrogen-bond donors (Lipinski definition) is 2. The first-order chi connectivity index (χ1) is 7.27. The summed E-state index contributed by atoms with van der Waals surface area (Å²) in [5.41, 5.74) is 0. The van der Waals surface area contributed by atoms with Crippen LogP contribution in [0.4, 0.5) is 4.79 Å². The van der Waals surface area contributed by atoms with Crippen molar-refractivity contribution in [1.82, 2.24) is 10.2 Å². The largest absolute Gasteiger partial charge is 0.391 e. The zero-order valence-corrected chi connectivity index (χ0v) is 8.82. The lowest BCUT2D eigenvalue weighted by molar-refractivity contribution is 0.0518. The van der Waals surface area contributed by atoms with Gasteiger partial charge >= 0.3 is 6.03 Å². The highest BCUT2D eigenvalue weighted by Gasteiger charge is 2.30. The maximum atomic E-state index is 11.6. The molecule has 2 N–H and O–H groups in total. The third kappa shape index (κ3) is 3.07. The minimum Gasteiger partial charge on any atom is -0.391 e. The molecule has 0 aromatic carbocycles. The van der Waals surface area contributed by atoms with E-state index in [1.807, 2.05) is 0 Å². The van der Waals surface area contributed by atoms with E-state index in [1.54, 1.807) is 4.90 Å². The molecule has 1 aliphatic carbocycles. The van der Waals surface area contributed by atoms with Crippen molar-refractivity contribution in [3.8, 4) is 0 Å². The van der Waals surface area contributed by atoms with Crippen molar-refractivity contribution in [2.45, 2.75) is 18.9 Å². The molecule has 2 amide bonds. The molecule has 86 valence electrons. The van der Waals surface area contributed by atoms with Crippen molar-refractivity contribution in [2.75, 3.05) is 32.8 Å². The summed E-state index contributed by atoms with van der Waals surface area (Å²) in [7, 11) is 0. The van der Waals surface area contributed by atoms with Crippen molar-refractivity contribution >= 4 is 6.03 Å². The Labute approximate surface area is 89.4 Å². The average molecular weight is 214 g/mol. The van der Waals surface area contributed by atoms with Crippen LogP contribution in [-0.4, -0.2) is 55.0 Å². The number of carbonyl (C=O) groups is 1. The first-order valence-electron chi connectivity index (χ1n) is 5.56. The number of hydrogen-bond acceptors (Lipinski definition) is 3. The number of nitrogens with zero attached hydrogens (tertiary/aromatic N) is 1. The first kappa shape index (κ1) is 10.7. The Morgan fingerprint density at radius 2 is 2.13 bits per heavy atom. The molecular weight excluding hydrogens is 196 g/mol. The van der Waals surface area contributed by atoms with E-state index in [-0.39, 0.29) is 12.1 Å². The quantitative estimate of drug-likeness (QED) is 0.684. The fourth-order valence-electron chi connectivity index (χ4n) is 1.72. The molecule has 1 unspecified atom stereocenters. The second kappa shape index (κ2) is 4.81. The molecule has 1 aliphatic heterocycles. The van der Waals surface area contributed by atoms with Gasteiger partial charge in [-0.1, -0.05) is 0 Å². The normalized spacial score (nSPS) is 23.7. The van der Waals surface area contributed by atoms with Crippen LogP contribution in [0.3, 0.4) is 0 Å². The molecule has 2 rings (SSSR count). The van der Waals surface area contributed by atoms with Crippen LogP contribution in [-0.2, 0) is 4.74 Å². The topological polar surface area (TPSA) is 61.8 Å². The standard InChI is InChI=1S/C10H18N2O3/c13-9(8-1-2-8)7-11-10(14)12-3-5-15-6-4-12/h8-9,13H,1-7H2,(H,11,14). The number of amides is 2. The highest BCUT2D eigenvalue weighted by atomic mass is 16.5. The molecule has 1 heterocycles. The first-order valence-corrected chi connectivity index (χ1v) is 5.56. The van der Waals surface area contributed by atoms with Crippen LogP contribution >= 0.6 is 0 Å². The summed E-state index contributed by atoms with van der Waals surface area (Å²) in [6, 6.07) is -0.0852. The van der Waals surface area contributed by atoms with Gasteiger partial charge < -0.3 is 20.1 Å². The van der Waals surface area contributed by atoms with Crippen LogP contribution in [0.2, 0.25) is 0 Å². The van der Waals surface area contributed by atoms with Gasteiger partial charge in [-0.05, 0) is 18.8 Å². The molecule has 0 bridgehead atoms. The molecule has 2 fully saturated rings. The Balaban J connectivity index is 1.66. The van der Waals surface area contributed by atoms with Gasteiger partial charge in [-0.15, -0.1) is 0 Å². The predicted octanol–water partition coefficient (Wildman–Crippen LogP) is -0.201. The third-order valence-corrected chi connectivity index (χ3v) is 2.93. The molecule has 0 spiro atoms. The smallest absolute Gasteiger partial charge is 0.317 e. The summed E-state index contributed by atoms with van der Waals surface area (Å²) >= 11 is 0. The maximum absolute atomic E-state index is 11.6. The van der Waals surface area contributed by atoms with Crippen LogP contribution in [0.5, 0.6) is 0 Å². The lowest BCUT2D eigenvalue weighted by Gasteiger charge is -2.27. The van der Waals surface area contributed by atoms with Crippen LogP contribution in [0.15, 0.2) is 0 Å². The van der Waals surface area contributed by atoms with Gasteiger partial charge in [-0.3, -0.25) is 0 Å². The highest BCUT2D eigenvalue weighted by Crippen LogP contribution is 2.32. The minimum absolute atomic E-state index is 0.0852. The summed E-state index contributed by atoms with van der Waals surface area (Å²) < 4.78 is 5.15. The summed E-state index contributed by atoms with van der Waals surface area (Å²) in [5, 5.41) is 12.3. The highest BCUT2D eigenvalue weighted by molar-refractivity contribution is 5.74. The van der Waals surface area contributed by atoms with Crippen LogP contribution in [0, 0.1) is 5.92 Å². The van der Waals surface area contributed by atoms with E-state index in [0.29, 0.717) is 38.8 Å². The second-order valence-corrected chi connectivity index (χ2v) is 4.19. The molecule has 0 aromatic rings. The number of ether oxygens (including phenoxy) is 1. The van der Waals surface area contributed by atoms with E-state index in [0.717, 1.165) is 12.8 Å². The Hall–Kier alpha value is -0.810. The molecule has 0 aromatic heterocycles. The Kier molecular flexibility index (Phi) is 3.43. The van der Waals surface area contributed by atoms with Gasteiger partial charge in [0.2, 0.25) is 0 Å². The number of nitrogens with one attached hydrogen (secondary N) is 1. The van der Waals surface area contributed by atoms with Crippen molar-refractivity contribution in [1.29, 1.82) is 0 Å². The number of aliphatic hydroxyl groups excluding tert-OH is 1.